The van der Waals surface area contributed by atoms with E-state index >= 15 is 0 Å². The molecule has 2 aliphatic rings. The lowest BCUT2D eigenvalue weighted by molar-refractivity contribution is 0.0964. The van der Waals surface area contributed by atoms with Gasteiger partial charge in [-0.25, -0.2) is 0 Å². The quantitative estimate of drug-likeness (QED) is 0.698. The minimum absolute atomic E-state index is 0.0677. The van der Waals surface area contributed by atoms with Gasteiger partial charge in [0.15, 0.2) is 0 Å². The first-order chi connectivity index (χ1) is 9.69. The van der Waals surface area contributed by atoms with E-state index in [1.54, 1.807) is 19.2 Å². The van der Waals surface area contributed by atoms with E-state index in [0.717, 1.165) is 30.0 Å². The Bertz CT molecular complexity index is 494. The van der Waals surface area contributed by atoms with Crippen LogP contribution in [-0.4, -0.2) is 19.5 Å². The van der Waals surface area contributed by atoms with Gasteiger partial charge in [0.05, 0.1) is 5.56 Å². The maximum atomic E-state index is 11.9. The topological polar surface area (TPSA) is 67.2 Å². The molecule has 3 rings (SSSR count). The zero-order valence-electron chi connectivity index (χ0n) is 12.0. The summed E-state index contributed by atoms with van der Waals surface area (Å²) in [5.41, 5.74) is 8.07. The molecule has 0 spiro atoms. The Morgan fingerprint density at radius 2 is 1.95 bits per heavy atom. The Hall–Kier alpha value is -1.71. The van der Waals surface area contributed by atoms with Crippen molar-refractivity contribution >= 4 is 17.3 Å². The van der Waals surface area contributed by atoms with Crippen molar-refractivity contribution in [3.63, 3.8) is 0 Å². The second-order valence-electron chi connectivity index (χ2n) is 6.10. The minimum Gasteiger partial charge on any atom is -0.399 e. The lowest BCUT2D eigenvalue weighted by Gasteiger charge is -2.19. The SMILES string of the molecule is CNC(=O)c1ccc(N)cc1NCC(C1CC1)C1CC1. The van der Waals surface area contributed by atoms with Gasteiger partial charge in [-0.3, -0.25) is 4.79 Å². The van der Waals surface area contributed by atoms with Gasteiger partial charge in [0.1, 0.15) is 0 Å². The molecule has 0 aliphatic heterocycles. The molecule has 0 radical (unpaired) electrons. The van der Waals surface area contributed by atoms with Gasteiger partial charge in [-0.2, -0.15) is 0 Å². The molecule has 0 atom stereocenters. The zero-order valence-corrected chi connectivity index (χ0v) is 12.0. The standard InChI is InChI=1S/C16H23N3O/c1-18-16(20)13-7-6-12(17)8-15(13)19-9-14(10-2-3-10)11-4-5-11/h6-8,10-11,14,19H,2-5,9,17H2,1H3,(H,18,20). The molecule has 4 heteroatoms. The third-order valence-electron chi connectivity index (χ3n) is 4.50. The molecule has 2 fully saturated rings. The fourth-order valence-electron chi connectivity index (χ4n) is 3.04. The molecule has 2 aliphatic carbocycles. The van der Waals surface area contributed by atoms with E-state index in [4.69, 9.17) is 5.73 Å². The van der Waals surface area contributed by atoms with Crippen LogP contribution in [0.1, 0.15) is 36.0 Å². The fraction of sp³-hybridized carbons (Fsp3) is 0.562. The Morgan fingerprint density at radius 1 is 1.30 bits per heavy atom. The van der Waals surface area contributed by atoms with E-state index in [1.807, 2.05) is 6.07 Å². The van der Waals surface area contributed by atoms with Crippen LogP contribution in [0.4, 0.5) is 11.4 Å². The molecule has 2 saturated carbocycles. The van der Waals surface area contributed by atoms with Crippen molar-refractivity contribution < 1.29 is 4.79 Å². The molecule has 1 amide bonds. The number of nitrogens with one attached hydrogen (secondary N) is 2. The Labute approximate surface area is 120 Å². The van der Waals surface area contributed by atoms with Gasteiger partial charge in [-0.05, 0) is 61.6 Å². The summed E-state index contributed by atoms with van der Waals surface area (Å²) in [6.07, 6.45) is 5.51. The van der Waals surface area contributed by atoms with Gasteiger partial charge < -0.3 is 16.4 Å². The van der Waals surface area contributed by atoms with Crippen LogP contribution >= 0.6 is 0 Å². The lowest BCUT2D eigenvalue weighted by Crippen LogP contribution is -2.23. The van der Waals surface area contributed by atoms with E-state index < -0.39 is 0 Å². The molecule has 1 aromatic rings. The van der Waals surface area contributed by atoms with Crippen molar-refractivity contribution in [2.45, 2.75) is 25.7 Å². The Balaban J connectivity index is 1.71. The molecule has 108 valence electrons. The predicted molar refractivity (Wildman–Crippen MR) is 81.7 cm³/mol. The van der Waals surface area contributed by atoms with Crippen molar-refractivity contribution in [3.05, 3.63) is 23.8 Å². The summed E-state index contributed by atoms with van der Waals surface area (Å²) in [4.78, 5) is 11.9. The Kier molecular flexibility index (Phi) is 3.55. The fourth-order valence-corrected chi connectivity index (χ4v) is 3.04. The molecule has 0 heterocycles. The largest absolute Gasteiger partial charge is 0.399 e. The third kappa shape index (κ3) is 2.89. The first-order valence-corrected chi connectivity index (χ1v) is 7.54. The van der Waals surface area contributed by atoms with E-state index in [2.05, 4.69) is 10.6 Å². The van der Waals surface area contributed by atoms with Crippen LogP contribution in [0.3, 0.4) is 0 Å². The molecular formula is C16H23N3O. The second kappa shape index (κ2) is 5.35. The van der Waals surface area contributed by atoms with E-state index in [1.165, 1.54) is 25.7 Å². The van der Waals surface area contributed by atoms with Crippen molar-refractivity contribution in [2.24, 2.45) is 17.8 Å². The number of carbonyl (C=O) groups is 1. The average Bonchev–Trinajstić information content (AvgIpc) is 3.31. The normalized spacial score (nSPS) is 18.1. The van der Waals surface area contributed by atoms with E-state index in [9.17, 15) is 4.79 Å². The van der Waals surface area contributed by atoms with Gasteiger partial charge in [0.2, 0.25) is 0 Å². The van der Waals surface area contributed by atoms with Gasteiger partial charge in [-0.1, -0.05) is 0 Å². The number of hydrogen-bond acceptors (Lipinski definition) is 3. The summed E-state index contributed by atoms with van der Waals surface area (Å²) >= 11 is 0. The van der Waals surface area contributed by atoms with Crippen molar-refractivity contribution in [1.82, 2.24) is 5.32 Å². The summed E-state index contributed by atoms with van der Waals surface area (Å²) in [6, 6.07) is 5.43. The van der Waals surface area contributed by atoms with Crippen LogP contribution < -0.4 is 16.4 Å². The van der Waals surface area contributed by atoms with Crippen molar-refractivity contribution in [1.29, 1.82) is 0 Å². The number of amides is 1. The van der Waals surface area contributed by atoms with Gasteiger partial charge in [-0.15, -0.1) is 0 Å². The summed E-state index contributed by atoms with van der Waals surface area (Å²) in [7, 11) is 1.65. The maximum absolute atomic E-state index is 11.9. The summed E-state index contributed by atoms with van der Waals surface area (Å²) in [6.45, 7) is 0.961. The highest BCUT2D eigenvalue weighted by Gasteiger charge is 2.41. The lowest BCUT2D eigenvalue weighted by atomic mass is 9.97. The van der Waals surface area contributed by atoms with E-state index in [-0.39, 0.29) is 5.91 Å². The van der Waals surface area contributed by atoms with Gasteiger partial charge >= 0.3 is 0 Å². The summed E-state index contributed by atoms with van der Waals surface area (Å²) in [5.74, 6) is 2.51. The highest BCUT2D eigenvalue weighted by atomic mass is 16.1. The number of benzene rings is 1. The highest BCUT2D eigenvalue weighted by Crippen LogP contribution is 2.49. The van der Waals surface area contributed by atoms with Crippen LogP contribution in [0.5, 0.6) is 0 Å². The number of nitrogens with two attached hydrogens (primary N) is 1. The minimum atomic E-state index is -0.0677. The van der Waals surface area contributed by atoms with Crippen LogP contribution in [-0.2, 0) is 0 Å². The van der Waals surface area contributed by atoms with E-state index in [0.29, 0.717) is 11.3 Å². The Morgan fingerprint density at radius 3 is 2.50 bits per heavy atom. The number of rotatable bonds is 6. The average molecular weight is 273 g/mol. The van der Waals surface area contributed by atoms with Crippen LogP contribution in [0.25, 0.3) is 0 Å². The second-order valence-corrected chi connectivity index (χ2v) is 6.10. The molecule has 0 unspecified atom stereocenters. The molecular weight excluding hydrogens is 250 g/mol. The molecule has 0 bridgehead atoms. The van der Waals surface area contributed by atoms with Crippen LogP contribution in [0.2, 0.25) is 0 Å². The van der Waals surface area contributed by atoms with Gasteiger partial charge in [0.25, 0.3) is 5.91 Å². The number of anilines is 2. The van der Waals surface area contributed by atoms with Crippen molar-refractivity contribution in [3.8, 4) is 0 Å². The smallest absolute Gasteiger partial charge is 0.253 e. The number of carbonyl (C=O) groups excluding carboxylic acids is 1. The highest BCUT2D eigenvalue weighted by molar-refractivity contribution is 6.00. The third-order valence-corrected chi connectivity index (χ3v) is 4.50. The first kappa shape index (κ1) is 13.3. The summed E-state index contributed by atoms with van der Waals surface area (Å²) in [5, 5.41) is 6.15. The van der Waals surface area contributed by atoms with Crippen LogP contribution in [0.15, 0.2) is 18.2 Å². The molecule has 20 heavy (non-hydrogen) atoms. The van der Waals surface area contributed by atoms with Crippen molar-refractivity contribution in [2.75, 3.05) is 24.6 Å². The van der Waals surface area contributed by atoms with Gasteiger partial charge in [0, 0.05) is 25.0 Å². The molecule has 4 nitrogen and oxygen atoms in total. The molecule has 4 N–H and O–H groups in total. The summed E-state index contributed by atoms with van der Waals surface area (Å²) < 4.78 is 0. The molecule has 1 aromatic carbocycles. The maximum Gasteiger partial charge on any atom is 0.253 e. The zero-order chi connectivity index (χ0) is 14.1. The number of nitrogen functional groups attached to an aromatic ring is 1. The number of hydrogen-bond donors (Lipinski definition) is 3. The van der Waals surface area contributed by atoms with Crippen LogP contribution in [0, 0.1) is 17.8 Å². The molecule has 0 aromatic heterocycles. The first-order valence-electron chi connectivity index (χ1n) is 7.54. The monoisotopic (exact) mass is 273 g/mol. The molecule has 0 saturated heterocycles. The predicted octanol–water partition coefficient (Wildman–Crippen LogP) is 2.48.